The predicted molar refractivity (Wildman–Crippen MR) is 66.5 cm³/mol. The average molecular weight is 214 g/mol. The average Bonchev–Trinajstić information content (AvgIpc) is 2.35. The van der Waals surface area contributed by atoms with Gasteiger partial charge in [-0.1, -0.05) is 36.4 Å². The highest BCUT2D eigenvalue weighted by molar-refractivity contribution is 5.95. The Balaban J connectivity index is 2.27. The number of benzene rings is 2. The van der Waals surface area contributed by atoms with E-state index in [1.54, 1.807) is 7.05 Å². The van der Waals surface area contributed by atoms with Crippen molar-refractivity contribution < 1.29 is 4.79 Å². The number of carbonyl (C=O) groups excluding carboxylic acids is 1. The van der Waals surface area contributed by atoms with Crippen LogP contribution in [0, 0.1) is 0 Å². The van der Waals surface area contributed by atoms with Gasteiger partial charge in [-0.25, -0.2) is 0 Å². The molecule has 1 amide bonds. The van der Waals surface area contributed by atoms with Crippen LogP contribution in [0.25, 0.3) is 10.8 Å². The summed E-state index contributed by atoms with van der Waals surface area (Å²) in [5, 5.41) is 8.01. The van der Waals surface area contributed by atoms with Gasteiger partial charge in [0, 0.05) is 18.1 Å². The Hall–Kier alpha value is -2.03. The second-order valence-electron chi connectivity index (χ2n) is 3.55. The van der Waals surface area contributed by atoms with E-state index in [2.05, 4.69) is 22.8 Å². The molecule has 2 aromatic rings. The van der Waals surface area contributed by atoms with Gasteiger partial charge >= 0.3 is 0 Å². The van der Waals surface area contributed by atoms with Crippen LogP contribution in [0.5, 0.6) is 0 Å². The molecule has 0 fully saturated rings. The van der Waals surface area contributed by atoms with Gasteiger partial charge in [0.25, 0.3) is 0 Å². The first-order valence-electron chi connectivity index (χ1n) is 5.23. The summed E-state index contributed by atoms with van der Waals surface area (Å²) in [5.74, 6) is -0.0204. The Labute approximate surface area is 94.5 Å². The summed E-state index contributed by atoms with van der Waals surface area (Å²) < 4.78 is 0. The van der Waals surface area contributed by atoms with E-state index in [4.69, 9.17) is 0 Å². The third-order valence-corrected chi connectivity index (χ3v) is 2.51. The number of carbonyl (C=O) groups is 1. The fraction of sp³-hybridized carbons (Fsp3) is 0.154. The van der Waals surface area contributed by atoms with Crippen LogP contribution in [0.2, 0.25) is 0 Å². The summed E-state index contributed by atoms with van der Waals surface area (Å²) >= 11 is 0. The lowest BCUT2D eigenvalue weighted by molar-refractivity contribution is -0.118. The Morgan fingerprint density at radius 1 is 1.12 bits per heavy atom. The quantitative estimate of drug-likeness (QED) is 0.820. The Morgan fingerprint density at radius 3 is 2.69 bits per heavy atom. The lowest BCUT2D eigenvalue weighted by Gasteiger charge is -2.08. The van der Waals surface area contributed by atoms with Crippen molar-refractivity contribution in [3.63, 3.8) is 0 Å². The van der Waals surface area contributed by atoms with Gasteiger partial charge in [0.2, 0.25) is 5.91 Å². The number of hydrogen-bond acceptors (Lipinski definition) is 2. The van der Waals surface area contributed by atoms with Crippen molar-refractivity contribution in [1.29, 1.82) is 0 Å². The topological polar surface area (TPSA) is 41.1 Å². The smallest absolute Gasteiger partial charge is 0.239 e. The molecular weight excluding hydrogens is 200 g/mol. The Bertz CT molecular complexity index is 503. The largest absolute Gasteiger partial charge is 0.376 e. The molecule has 0 bridgehead atoms. The lowest BCUT2D eigenvalue weighted by atomic mass is 10.1. The maximum atomic E-state index is 11.1. The monoisotopic (exact) mass is 214 g/mol. The normalized spacial score (nSPS) is 10.1. The first kappa shape index (κ1) is 10.5. The highest BCUT2D eigenvalue weighted by Gasteiger charge is 2.01. The minimum absolute atomic E-state index is 0.0204. The highest BCUT2D eigenvalue weighted by Crippen LogP contribution is 2.22. The van der Waals surface area contributed by atoms with Gasteiger partial charge in [0.15, 0.2) is 0 Å². The number of anilines is 1. The van der Waals surface area contributed by atoms with Crippen molar-refractivity contribution in [2.24, 2.45) is 0 Å². The van der Waals surface area contributed by atoms with Gasteiger partial charge in [-0.2, -0.15) is 0 Å². The minimum atomic E-state index is -0.0204. The second kappa shape index (κ2) is 4.66. The molecule has 0 aliphatic carbocycles. The molecule has 82 valence electrons. The molecule has 0 saturated carbocycles. The van der Waals surface area contributed by atoms with E-state index in [0.29, 0.717) is 6.54 Å². The molecule has 0 unspecified atom stereocenters. The van der Waals surface area contributed by atoms with Crippen LogP contribution in [-0.2, 0) is 4.79 Å². The van der Waals surface area contributed by atoms with Crippen LogP contribution in [-0.4, -0.2) is 19.5 Å². The molecule has 2 N–H and O–H groups in total. The number of rotatable bonds is 3. The van der Waals surface area contributed by atoms with Crippen molar-refractivity contribution in [2.75, 3.05) is 18.9 Å². The lowest BCUT2D eigenvalue weighted by Crippen LogP contribution is -2.26. The van der Waals surface area contributed by atoms with Crippen LogP contribution in [0.1, 0.15) is 0 Å². The number of fused-ring (bicyclic) bond motifs is 1. The van der Waals surface area contributed by atoms with E-state index in [9.17, 15) is 4.79 Å². The SMILES string of the molecule is CNC(=O)CNc1cccc2ccccc12. The van der Waals surface area contributed by atoms with Crippen molar-refractivity contribution >= 4 is 22.4 Å². The molecule has 0 heterocycles. The molecule has 2 aromatic carbocycles. The van der Waals surface area contributed by atoms with Crippen LogP contribution in [0.4, 0.5) is 5.69 Å². The summed E-state index contributed by atoms with van der Waals surface area (Å²) in [6.45, 7) is 0.296. The molecule has 0 atom stereocenters. The van der Waals surface area contributed by atoms with E-state index in [-0.39, 0.29) is 5.91 Å². The fourth-order valence-corrected chi connectivity index (χ4v) is 1.64. The Kier molecular flexibility index (Phi) is 3.05. The molecule has 0 aliphatic rings. The molecule has 3 heteroatoms. The van der Waals surface area contributed by atoms with Crippen molar-refractivity contribution in [2.45, 2.75) is 0 Å². The molecule has 2 rings (SSSR count). The summed E-state index contributed by atoms with van der Waals surface area (Å²) in [7, 11) is 1.63. The third kappa shape index (κ3) is 2.14. The van der Waals surface area contributed by atoms with Gasteiger partial charge in [-0.05, 0) is 11.5 Å². The Morgan fingerprint density at radius 2 is 1.88 bits per heavy atom. The third-order valence-electron chi connectivity index (χ3n) is 2.51. The van der Waals surface area contributed by atoms with Crippen molar-refractivity contribution in [3.8, 4) is 0 Å². The first-order valence-corrected chi connectivity index (χ1v) is 5.23. The molecule has 0 saturated heterocycles. The standard InChI is InChI=1S/C13H14N2O/c1-14-13(16)9-15-12-8-4-6-10-5-2-3-7-11(10)12/h2-8,15H,9H2,1H3,(H,14,16). The predicted octanol–water partition coefficient (Wildman–Crippen LogP) is 2.00. The summed E-state index contributed by atoms with van der Waals surface area (Å²) in [5.41, 5.74) is 0.988. The van der Waals surface area contributed by atoms with E-state index in [1.165, 1.54) is 5.39 Å². The number of hydrogen-bond donors (Lipinski definition) is 2. The maximum Gasteiger partial charge on any atom is 0.239 e. The number of likely N-dealkylation sites (N-methyl/N-ethyl adjacent to an activating group) is 1. The molecule has 0 aliphatic heterocycles. The van der Waals surface area contributed by atoms with Crippen LogP contribution < -0.4 is 10.6 Å². The number of amides is 1. The molecule has 0 spiro atoms. The maximum absolute atomic E-state index is 11.1. The van der Waals surface area contributed by atoms with E-state index in [0.717, 1.165) is 11.1 Å². The summed E-state index contributed by atoms with van der Waals surface area (Å²) in [4.78, 5) is 11.1. The molecule has 0 radical (unpaired) electrons. The van der Waals surface area contributed by atoms with Gasteiger partial charge in [-0.15, -0.1) is 0 Å². The number of nitrogens with one attached hydrogen (secondary N) is 2. The van der Waals surface area contributed by atoms with Gasteiger partial charge in [0.05, 0.1) is 6.54 Å². The van der Waals surface area contributed by atoms with Crippen LogP contribution in [0.3, 0.4) is 0 Å². The van der Waals surface area contributed by atoms with Gasteiger partial charge in [-0.3, -0.25) is 4.79 Å². The van der Waals surface area contributed by atoms with E-state index >= 15 is 0 Å². The zero-order valence-corrected chi connectivity index (χ0v) is 9.16. The highest BCUT2D eigenvalue weighted by atomic mass is 16.1. The zero-order chi connectivity index (χ0) is 11.4. The fourth-order valence-electron chi connectivity index (χ4n) is 1.64. The minimum Gasteiger partial charge on any atom is -0.376 e. The zero-order valence-electron chi connectivity index (χ0n) is 9.16. The van der Waals surface area contributed by atoms with Crippen molar-refractivity contribution in [1.82, 2.24) is 5.32 Å². The van der Waals surface area contributed by atoms with Crippen LogP contribution >= 0.6 is 0 Å². The van der Waals surface area contributed by atoms with Gasteiger partial charge < -0.3 is 10.6 Å². The van der Waals surface area contributed by atoms with E-state index < -0.39 is 0 Å². The van der Waals surface area contributed by atoms with E-state index in [1.807, 2.05) is 30.3 Å². The molecular formula is C13H14N2O. The second-order valence-corrected chi connectivity index (χ2v) is 3.55. The van der Waals surface area contributed by atoms with Crippen LogP contribution in [0.15, 0.2) is 42.5 Å². The summed E-state index contributed by atoms with van der Waals surface area (Å²) in [6.07, 6.45) is 0. The summed E-state index contributed by atoms with van der Waals surface area (Å²) in [6, 6.07) is 14.1. The molecule has 3 nitrogen and oxygen atoms in total. The molecule has 0 aromatic heterocycles. The molecule has 16 heavy (non-hydrogen) atoms. The van der Waals surface area contributed by atoms with Crippen molar-refractivity contribution in [3.05, 3.63) is 42.5 Å². The van der Waals surface area contributed by atoms with Gasteiger partial charge in [0.1, 0.15) is 0 Å². The first-order chi connectivity index (χ1) is 7.81.